The van der Waals surface area contributed by atoms with Crippen LogP contribution < -0.4 is 5.14 Å². The Morgan fingerprint density at radius 1 is 1.53 bits per heavy atom. The van der Waals surface area contributed by atoms with Gasteiger partial charge in [-0.25, -0.2) is 8.60 Å². The predicted octanol–water partition coefficient (Wildman–Crippen LogP) is 3.47. The topological polar surface area (TPSA) is 56.2 Å². The molecule has 0 radical (unpaired) electrons. The Morgan fingerprint density at radius 2 is 2.26 bits per heavy atom. The molecule has 0 spiro atoms. The van der Waals surface area contributed by atoms with Crippen molar-refractivity contribution < 1.29 is 17.1 Å². The van der Waals surface area contributed by atoms with Crippen LogP contribution in [0.4, 0.5) is 4.39 Å². The lowest BCUT2D eigenvalue weighted by molar-refractivity contribution is 0.454. The Kier molecular flexibility index (Phi) is 2.81. The fraction of sp³-hybridized carbons (Fsp3) is 0.429. The van der Waals surface area contributed by atoms with Crippen molar-refractivity contribution in [1.82, 2.24) is 0 Å². The molecule has 2 N–H and O–H groups in total. The first-order chi connectivity index (χ1) is 10.0. The van der Waals surface area contributed by atoms with Gasteiger partial charge in [-0.15, -0.1) is 0 Å². The second-order valence-electron chi connectivity index (χ2n) is 5.14. The first-order valence-electron chi connectivity index (χ1n) is 7.36. The van der Waals surface area contributed by atoms with E-state index in [1.54, 1.807) is 13.8 Å². The molecule has 19 heavy (non-hydrogen) atoms. The molecular weight excluding hydrogens is 265 g/mol. The van der Waals surface area contributed by atoms with E-state index in [2.05, 4.69) is 0 Å². The molecule has 1 aromatic carbocycles. The van der Waals surface area contributed by atoms with E-state index in [1.165, 1.54) is 24.3 Å². The van der Waals surface area contributed by atoms with Gasteiger partial charge in [0.2, 0.25) is 0 Å². The fourth-order valence-corrected chi connectivity index (χ4v) is 2.21. The van der Waals surface area contributed by atoms with Gasteiger partial charge >= 0.3 is 0 Å². The zero-order valence-corrected chi connectivity index (χ0v) is 11.6. The highest BCUT2D eigenvalue weighted by Gasteiger charge is 2.28. The fourth-order valence-electron chi connectivity index (χ4n) is 1.88. The van der Waals surface area contributed by atoms with E-state index in [0.717, 1.165) is 0 Å². The first-order valence-corrected chi connectivity index (χ1v) is 7.07. The van der Waals surface area contributed by atoms with Gasteiger partial charge in [0.15, 0.2) is 0 Å². The molecule has 0 aliphatic rings. The summed E-state index contributed by atoms with van der Waals surface area (Å²) in [6, 6.07) is 5.51. The summed E-state index contributed by atoms with van der Waals surface area (Å²) < 4.78 is 52.7. The molecule has 3 nitrogen and oxygen atoms in total. The first kappa shape index (κ1) is 10.6. The van der Waals surface area contributed by atoms with E-state index in [0.29, 0.717) is 11.0 Å². The molecule has 0 aliphatic heterocycles. The van der Waals surface area contributed by atoms with Crippen molar-refractivity contribution in [3.63, 3.8) is 0 Å². The average Bonchev–Trinajstić information content (AvgIpc) is 2.76. The van der Waals surface area contributed by atoms with E-state index in [4.69, 9.17) is 13.7 Å². The monoisotopic (exact) mass is 286 g/mol. The Morgan fingerprint density at radius 3 is 2.89 bits per heavy atom. The maximum atomic E-state index is 13.2. The molecule has 1 aromatic heterocycles. The van der Waals surface area contributed by atoms with Crippen LogP contribution in [0.1, 0.15) is 42.9 Å². The minimum atomic E-state index is -2.34. The van der Waals surface area contributed by atoms with Crippen LogP contribution in [-0.2, 0) is 11.0 Å². The van der Waals surface area contributed by atoms with Gasteiger partial charge in [-0.1, -0.05) is 6.85 Å². The van der Waals surface area contributed by atoms with Gasteiger partial charge in [-0.05, 0) is 44.5 Å². The third-order valence-electron chi connectivity index (χ3n) is 3.08. The molecule has 0 aliphatic carbocycles. The highest BCUT2D eigenvalue weighted by atomic mass is 32.2. The molecule has 1 unspecified atom stereocenters. The third kappa shape index (κ3) is 3.04. The zero-order chi connectivity index (χ0) is 16.7. The highest BCUT2D eigenvalue weighted by Crippen LogP contribution is 2.32. The maximum absolute atomic E-state index is 13.2. The van der Waals surface area contributed by atoms with Gasteiger partial charge in [-0.2, -0.15) is 0 Å². The van der Waals surface area contributed by atoms with E-state index in [9.17, 15) is 8.60 Å². The summed E-state index contributed by atoms with van der Waals surface area (Å²) in [6.07, 6.45) is 0.0644. The van der Waals surface area contributed by atoms with Gasteiger partial charge in [-0.3, -0.25) is 5.14 Å². The molecule has 104 valence electrons. The second-order valence-corrected chi connectivity index (χ2v) is 6.84. The predicted molar refractivity (Wildman–Crippen MR) is 75.6 cm³/mol. The minimum absolute atomic E-state index is 0.0644. The minimum Gasteiger partial charge on any atom is -0.461 e. The van der Waals surface area contributed by atoms with Gasteiger partial charge in [0.25, 0.3) is 0 Å². The van der Waals surface area contributed by atoms with Crippen molar-refractivity contribution in [1.29, 1.82) is 0 Å². The van der Waals surface area contributed by atoms with Gasteiger partial charge in [0.1, 0.15) is 17.2 Å². The van der Waals surface area contributed by atoms with Crippen molar-refractivity contribution in [2.45, 2.75) is 37.8 Å². The van der Waals surface area contributed by atoms with Crippen LogP contribution >= 0.6 is 0 Å². The van der Waals surface area contributed by atoms with Crippen molar-refractivity contribution in [3.05, 3.63) is 35.8 Å². The molecule has 0 saturated heterocycles. The molecule has 0 saturated carbocycles. The third-order valence-corrected chi connectivity index (χ3v) is 4.34. The Bertz CT molecular complexity index is 712. The molecule has 0 amide bonds. The van der Waals surface area contributed by atoms with Crippen molar-refractivity contribution >= 4 is 22.0 Å². The molecule has 2 atom stereocenters. The van der Waals surface area contributed by atoms with Crippen molar-refractivity contribution in [2.75, 3.05) is 0 Å². The number of fused-ring (bicyclic) bond motifs is 1. The molecule has 0 bridgehead atoms. The maximum Gasteiger partial charge on any atom is 0.134 e. The van der Waals surface area contributed by atoms with E-state index in [1.807, 2.05) is 0 Å². The Balaban J connectivity index is 2.46. The van der Waals surface area contributed by atoms with Gasteiger partial charge < -0.3 is 4.42 Å². The molecule has 1 heterocycles. The second kappa shape index (κ2) is 5.06. The van der Waals surface area contributed by atoms with Crippen LogP contribution in [0.15, 0.2) is 28.7 Å². The summed E-state index contributed by atoms with van der Waals surface area (Å²) in [7, 11) is -1.68. The molecule has 2 aromatic rings. The summed E-state index contributed by atoms with van der Waals surface area (Å²) in [6.45, 7) is 0.942. The molecule has 5 heteroatoms. The van der Waals surface area contributed by atoms with Gasteiger partial charge in [0, 0.05) is 15.4 Å². The molecule has 2 rings (SSSR count). The number of hydrogen-bond acceptors (Lipinski definition) is 2. The van der Waals surface area contributed by atoms with E-state index >= 15 is 0 Å². The van der Waals surface area contributed by atoms with Crippen LogP contribution in [0.5, 0.6) is 0 Å². The number of nitrogens with two attached hydrogens (primary N) is 1. The van der Waals surface area contributed by atoms with Crippen molar-refractivity contribution in [3.8, 4) is 0 Å². The van der Waals surface area contributed by atoms with Crippen LogP contribution in [-0.4, -0.2) is 8.96 Å². The highest BCUT2D eigenvalue weighted by molar-refractivity contribution is 7.84. The summed E-state index contributed by atoms with van der Waals surface area (Å²) >= 11 is 0. The molecule has 0 fully saturated rings. The SMILES string of the molecule is [2H]C([2H])([2H])[C@H](CC(C)(C)S(N)=O)c1cc2cc(F)ccc2o1. The number of furan rings is 1. The summed E-state index contributed by atoms with van der Waals surface area (Å²) in [5, 5.41) is 5.94. The average molecular weight is 286 g/mol. The summed E-state index contributed by atoms with van der Waals surface area (Å²) in [5.74, 6) is -1.17. The van der Waals surface area contributed by atoms with Gasteiger partial charge in [0.05, 0.1) is 15.7 Å². The van der Waals surface area contributed by atoms with Crippen LogP contribution in [0.3, 0.4) is 0 Å². The smallest absolute Gasteiger partial charge is 0.134 e. The number of hydrogen-bond donors (Lipinski definition) is 1. The number of rotatable bonds is 4. The lowest BCUT2D eigenvalue weighted by Gasteiger charge is -2.23. The van der Waals surface area contributed by atoms with E-state index < -0.39 is 34.3 Å². The standard InChI is InChI=1S/C14H18FNO2S/c1-9(8-14(2,3)19(16)17)13-7-10-6-11(15)4-5-12(10)18-13/h4-7,9H,8,16H2,1-3H3/t9-,19?/m1/s1/i1D3. The molecular formula is C14H18FNO2S. The van der Waals surface area contributed by atoms with Crippen LogP contribution in [0.2, 0.25) is 0 Å². The van der Waals surface area contributed by atoms with Crippen LogP contribution in [0.25, 0.3) is 11.0 Å². The number of benzene rings is 1. The normalized spacial score (nSPS) is 18.6. The lowest BCUT2D eigenvalue weighted by atomic mass is 9.96. The van der Waals surface area contributed by atoms with Crippen LogP contribution in [0, 0.1) is 5.82 Å². The zero-order valence-electron chi connectivity index (χ0n) is 13.8. The summed E-state index contributed by atoms with van der Waals surface area (Å²) in [4.78, 5) is 0. The number of halogens is 1. The Labute approximate surface area is 118 Å². The van der Waals surface area contributed by atoms with E-state index in [-0.39, 0.29) is 12.2 Å². The summed E-state index contributed by atoms with van der Waals surface area (Å²) in [5.41, 5.74) is 0.414. The Hall–Kier alpha value is -1.20. The largest absolute Gasteiger partial charge is 0.461 e. The van der Waals surface area contributed by atoms with Crippen molar-refractivity contribution in [2.24, 2.45) is 5.14 Å². The quantitative estimate of drug-likeness (QED) is 0.935. The lowest BCUT2D eigenvalue weighted by Crippen LogP contribution is -2.33.